The van der Waals surface area contributed by atoms with E-state index in [1.54, 1.807) is 0 Å². The van der Waals surface area contributed by atoms with Gasteiger partial charge in [-0.1, -0.05) is 0 Å². The van der Waals surface area contributed by atoms with Gasteiger partial charge in [0.05, 0.1) is 5.52 Å². The number of halogens is 2. The lowest BCUT2D eigenvalue weighted by molar-refractivity contribution is 0.0830. The minimum atomic E-state index is -1.72. The summed E-state index contributed by atoms with van der Waals surface area (Å²) in [5, 5.41) is 0.0833. The van der Waals surface area contributed by atoms with E-state index in [0.29, 0.717) is 0 Å². The molecule has 2 aromatic rings. The van der Waals surface area contributed by atoms with Crippen LogP contribution < -0.4 is 5.43 Å². The molecular weight excluding hydrogens is 204 g/mol. The number of hydrogen-bond donors (Lipinski definition) is 1. The Morgan fingerprint density at radius 2 is 2.00 bits per heavy atom. The fourth-order valence-corrected chi connectivity index (χ4v) is 1.33. The van der Waals surface area contributed by atoms with E-state index in [-0.39, 0.29) is 10.9 Å². The smallest absolute Gasteiger partial charge is 0.348 e. The van der Waals surface area contributed by atoms with Gasteiger partial charge in [-0.3, -0.25) is 9.59 Å². The third-order valence-corrected chi connectivity index (χ3v) is 2.00. The van der Waals surface area contributed by atoms with Gasteiger partial charge in [-0.25, -0.2) is 4.39 Å². The van der Waals surface area contributed by atoms with Crippen LogP contribution in [0.4, 0.5) is 8.78 Å². The fraction of sp³-hybridized carbons (Fsp3) is 0. The molecule has 0 bridgehead atoms. The van der Waals surface area contributed by atoms with Gasteiger partial charge in [-0.05, 0) is 18.2 Å². The lowest BCUT2D eigenvalue weighted by Crippen LogP contribution is -2.07. The summed E-state index contributed by atoms with van der Waals surface area (Å²) in [7, 11) is 0. The van der Waals surface area contributed by atoms with Gasteiger partial charge in [-0.15, -0.1) is 0 Å². The van der Waals surface area contributed by atoms with Crippen LogP contribution in [0.25, 0.3) is 10.9 Å². The molecule has 3 nitrogen and oxygen atoms in total. The summed E-state index contributed by atoms with van der Waals surface area (Å²) in [6.07, 6.45) is 0. The van der Waals surface area contributed by atoms with Crippen LogP contribution in [-0.2, 0) is 0 Å². The number of carbonyl (C=O) groups is 1. The first kappa shape index (κ1) is 9.51. The van der Waals surface area contributed by atoms with Crippen LogP contribution in [0.1, 0.15) is 10.5 Å². The molecule has 0 aliphatic rings. The summed E-state index contributed by atoms with van der Waals surface area (Å²) in [6, 6.07) is 2.51. The van der Waals surface area contributed by atoms with Gasteiger partial charge in [0.1, 0.15) is 11.5 Å². The highest BCUT2D eigenvalue weighted by molar-refractivity contribution is 5.90. The lowest BCUT2D eigenvalue weighted by atomic mass is 10.2. The Labute approximate surface area is 82.4 Å². The highest BCUT2D eigenvalue weighted by Gasteiger charge is 2.08. The molecule has 0 amide bonds. The second-order valence-corrected chi connectivity index (χ2v) is 3.01. The van der Waals surface area contributed by atoms with Gasteiger partial charge in [0.2, 0.25) is 0 Å². The van der Waals surface area contributed by atoms with Crippen molar-refractivity contribution < 1.29 is 13.6 Å². The monoisotopic (exact) mass is 209 g/mol. The highest BCUT2D eigenvalue weighted by Crippen LogP contribution is 2.10. The average Bonchev–Trinajstić information content (AvgIpc) is 2.18. The Balaban J connectivity index is 2.84. The van der Waals surface area contributed by atoms with Crippen LogP contribution in [0.5, 0.6) is 0 Å². The third kappa shape index (κ3) is 1.63. The lowest BCUT2D eigenvalue weighted by Gasteiger charge is -1.99. The zero-order valence-electron chi connectivity index (χ0n) is 7.38. The first-order valence-corrected chi connectivity index (χ1v) is 4.10. The number of benzene rings is 1. The normalized spacial score (nSPS) is 10.5. The van der Waals surface area contributed by atoms with Gasteiger partial charge in [0.25, 0.3) is 0 Å². The van der Waals surface area contributed by atoms with Crippen molar-refractivity contribution in [1.29, 1.82) is 0 Å². The Morgan fingerprint density at radius 1 is 1.27 bits per heavy atom. The van der Waals surface area contributed by atoms with Crippen LogP contribution in [0.3, 0.4) is 0 Å². The molecule has 1 heterocycles. The molecule has 0 saturated heterocycles. The van der Waals surface area contributed by atoms with Crippen molar-refractivity contribution in [2.45, 2.75) is 0 Å². The number of hydrogen-bond acceptors (Lipinski definition) is 2. The molecule has 15 heavy (non-hydrogen) atoms. The molecule has 2 rings (SSSR count). The number of pyridine rings is 1. The molecule has 0 saturated carbocycles. The first-order chi connectivity index (χ1) is 7.08. The molecule has 0 spiro atoms. The van der Waals surface area contributed by atoms with Gasteiger partial charge >= 0.3 is 6.04 Å². The minimum absolute atomic E-state index is 0.0833. The van der Waals surface area contributed by atoms with Crippen LogP contribution in [-0.4, -0.2) is 11.0 Å². The van der Waals surface area contributed by atoms with E-state index in [2.05, 4.69) is 4.98 Å². The van der Waals surface area contributed by atoms with Crippen molar-refractivity contribution >= 4 is 16.9 Å². The average molecular weight is 209 g/mol. The molecule has 0 radical (unpaired) electrons. The number of nitrogens with one attached hydrogen (secondary N) is 1. The van der Waals surface area contributed by atoms with Crippen molar-refractivity contribution in [2.75, 3.05) is 0 Å². The molecular formula is C10H5F2NO2. The topological polar surface area (TPSA) is 49.9 Å². The van der Waals surface area contributed by atoms with Crippen LogP contribution in [0.2, 0.25) is 0 Å². The maximum absolute atomic E-state index is 12.8. The van der Waals surface area contributed by atoms with E-state index < -0.39 is 23.0 Å². The van der Waals surface area contributed by atoms with E-state index >= 15 is 0 Å². The Hall–Kier alpha value is -2.04. The standard InChI is InChI=1S/C10H5F2NO2/c11-5-1-2-7-6(3-5)9(14)4-8(13-7)10(12)15/h1-4H,(H,13,14). The van der Waals surface area contributed by atoms with Gasteiger partial charge in [-0.2, -0.15) is 4.39 Å². The molecule has 1 aromatic heterocycles. The Bertz CT molecular complexity index is 604. The van der Waals surface area contributed by atoms with E-state index in [0.717, 1.165) is 18.2 Å². The van der Waals surface area contributed by atoms with Crippen molar-refractivity contribution in [3.8, 4) is 0 Å². The quantitative estimate of drug-likeness (QED) is 0.727. The van der Waals surface area contributed by atoms with Crippen LogP contribution >= 0.6 is 0 Å². The SMILES string of the molecule is O=C(F)c1cc(=O)c2cc(F)ccc2[nH]1. The van der Waals surface area contributed by atoms with E-state index in [9.17, 15) is 18.4 Å². The third-order valence-electron chi connectivity index (χ3n) is 2.00. The zero-order valence-corrected chi connectivity index (χ0v) is 7.38. The summed E-state index contributed by atoms with van der Waals surface area (Å²) in [6.45, 7) is 0. The molecule has 5 heteroatoms. The first-order valence-electron chi connectivity index (χ1n) is 4.10. The number of fused-ring (bicyclic) bond motifs is 1. The maximum atomic E-state index is 12.8. The zero-order chi connectivity index (χ0) is 11.0. The minimum Gasteiger partial charge on any atom is -0.350 e. The number of aromatic amines is 1. The Kier molecular flexibility index (Phi) is 2.07. The molecule has 1 N–H and O–H groups in total. The maximum Gasteiger partial charge on any atom is 0.348 e. The van der Waals surface area contributed by atoms with Crippen molar-refractivity contribution in [2.24, 2.45) is 0 Å². The largest absolute Gasteiger partial charge is 0.350 e. The predicted molar refractivity (Wildman–Crippen MR) is 50.0 cm³/mol. The van der Waals surface area contributed by atoms with Crippen molar-refractivity contribution in [1.82, 2.24) is 4.98 Å². The van der Waals surface area contributed by atoms with Gasteiger partial charge in [0, 0.05) is 11.5 Å². The van der Waals surface area contributed by atoms with E-state index in [1.807, 2.05) is 0 Å². The van der Waals surface area contributed by atoms with E-state index in [1.165, 1.54) is 6.07 Å². The summed E-state index contributed by atoms with van der Waals surface area (Å²) in [4.78, 5) is 24.2. The number of H-pyrrole nitrogens is 1. The summed E-state index contributed by atoms with van der Waals surface area (Å²) in [5.41, 5.74) is -0.798. The summed E-state index contributed by atoms with van der Waals surface area (Å²) in [5.74, 6) is -0.563. The number of rotatable bonds is 1. The second kappa shape index (κ2) is 3.27. The molecule has 1 aromatic carbocycles. The van der Waals surface area contributed by atoms with Crippen molar-refractivity contribution in [3.05, 3.63) is 46.0 Å². The van der Waals surface area contributed by atoms with Crippen molar-refractivity contribution in [3.63, 3.8) is 0 Å². The predicted octanol–water partition coefficient (Wildman–Crippen LogP) is 1.78. The van der Waals surface area contributed by atoms with Gasteiger partial charge in [0.15, 0.2) is 5.43 Å². The second-order valence-electron chi connectivity index (χ2n) is 3.01. The molecule has 0 unspecified atom stereocenters. The van der Waals surface area contributed by atoms with Crippen LogP contribution in [0, 0.1) is 5.82 Å². The summed E-state index contributed by atoms with van der Waals surface area (Å²) < 4.78 is 25.1. The molecule has 0 atom stereocenters. The molecule has 0 aliphatic heterocycles. The molecule has 0 aliphatic carbocycles. The van der Waals surface area contributed by atoms with Gasteiger partial charge < -0.3 is 4.98 Å². The molecule has 76 valence electrons. The number of carbonyl (C=O) groups excluding carboxylic acids is 1. The molecule has 0 fully saturated rings. The van der Waals surface area contributed by atoms with E-state index in [4.69, 9.17) is 0 Å². The van der Waals surface area contributed by atoms with Crippen LogP contribution in [0.15, 0.2) is 29.1 Å². The Morgan fingerprint density at radius 3 is 2.67 bits per heavy atom. The highest BCUT2D eigenvalue weighted by atomic mass is 19.1. The fourth-order valence-electron chi connectivity index (χ4n) is 1.33. The number of aromatic nitrogens is 1. The summed E-state index contributed by atoms with van der Waals surface area (Å²) >= 11 is 0.